The summed E-state index contributed by atoms with van der Waals surface area (Å²) in [5.74, 6) is -0.639. The number of halogens is 2. The summed E-state index contributed by atoms with van der Waals surface area (Å²) in [6, 6.07) is 4.38. The van der Waals surface area contributed by atoms with Crippen LogP contribution < -0.4 is 10.6 Å². The van der Waals surface area contributed by atoms with E-state index in [1.807, 2.05) is 0 Å². The number of carbonyl (C=O) groups is 1. The van der Waals surface area contributed by atoms with Gasteiger partial charge in [0.2, 0.25) is 5.91 Å². The third kappa shape index (κ3) is 4.74. The van der Waals surface area contributed by atoms with Crippen molar-refractivity contribution in [3.05, 3.63) is 34.6 Å². The normalized spacial score (nSPS) is 16.1. The molecule has 1 saturated heterocycles. The lowest BCUT2D eigenvalue weighted by atomic mass is 10.1. The molecule has 6 heteroatoms. The molecule has 0 spiro atoms. The smallest absolute Gasteiger partial charge is 0.246 e. The van der Waals surface area contributed by atoms with Crippen molar-refractivity contribution in [3.63, 3.8) is 0 Å². The monoisotopic (exact) mass is 300 g/mol. The first-order valence-electron chi connectivity index (χ1n) is 6.68. The Labute approximate surface area is 122 Å². The number of hydrogen-bond acceptors (Lipinski definition) is 3. The van der Waals surface area contributed by atoms with Gasteiger partial charge in [-0.25, -0.2) is 4.39 Å². The molecule has 0 bridgehead atoms. The number of hydrogen-bond donors (Lipinski definition) is 2. The maximum atomic E-state index is 13.0. The Kier molecular flexibility index (Phi) is 5.76. The largest absolute Gasteiger partial charge is 0.368 e. The summed E-state index contributed by atoms with van der Waals surface area (Å²) in [4.78, 5) is 11.7. The van der Waals surface area contributed by atoms with E-state index in [0.29, 0.717) is 6.54 Å². The Bertz CT molecular complexity index is 464. The van der Waals surface area contributed by atoms with Crippen molar-refractivity contribution in [3.8, 4) is 0 Å². The van der Waals surface area contributed by atoms with Gasteiger partial charge in [0.25, 0.3) is 0 Å². The second-order valence-electron chi connectivity index (χ2n) is 4.79. The molecule has 4 nitrogen and oxygen atoms in total. The third-order valence-corrected chi connectivity index (χ3v) is 3.50. The van der Waals surface area contributed by atoms with E-state index in [4.69, 9.17) is 16.3 Å². The van der Waals surface area contributed by atoms with E-state index < -0.39 is 5.82 Å². The highest BCUT2D eigenvalue weighted by atomic mass is 35.5. The zero-order valence-corrected chi connectivity index (χ0v) is 11.9. The van der Waals surface area contributed by atoms with Crippen LogP contribution in [-0.2, 0) is 16.1 Å². The van der Waals surface area contributed by atoms with Crippen LogP contribution in [0.5, 0.6) is 0 Å². The minimum Gasteiger partial charge on any atom is -0.368 e. The minimum atomic E-state index is -0.462. The average molecular weight is 301 g/mol. The predicted octanol–water partition coefficient (Wildman–Crippen LogP) is 1.86. The molecule has 0 aliphatic carbocycles. The van der Waals surface area contributed by atoms with E-state index in [0.717, 1.165) is 31.5 Å². The number of ether oxygens (including phenoxy) is 1. The fourth-order valence-electron chi connectivity index (χ4n) is 2.06. The molecule has 0 saturated carbocycles. The molecular weight excluding hydrogens is 283 g/mol. The van der Waals surface area contributed by atoms with E-state index in [-0.39, 0.29) is 23.6 Å². The van der Waals surface area contributed by atoms with Gasteiger partial charge in [0, 0.05) is 6.54 Å². The van der Waals surface area contributed by atoms with Crippen LogP contribution in [0.1, 0.15) is 18.4 Å². The molecule has 1 fully saturated rings. The van der Waals surface area contributed by atoms with Crippen LogP contribution in [0.15, 0.2) is 18.2 Å². The van der Waals surface area contributed by atoms with Crippen molar-refractivity contribution in [1.29, 1.82) is 0 Å². The van der Waals surface area contributed by atoms with Crippen LogP contribution in [-0.4, -0.2) is 31.7 Å². The highest BCUT2D eigenvalue weighted by Crippen LogP contribution is 2.15. The van der Waals surface area contributed by atoms with Crippen molar-refractivity contribution in [2.45, 2.75) is 25.5 Å². The Balaban J connectivity index is 1.70. The molecule has 1 aliphatic heterocycles. The molecule has 0 aromatic heterocycles. The average Bonchev–Trinajstić information content (AvgIpc) is 2.47. The second kappa shape index (κ2) is 7.57. The first-order chi connectivity index (χ1) is 9.65. The van der Waals surface area contributed by atoms with E-state index in [1.54, 1.807) is 6.07 Å². The summed E-state index contributed by atoms with van der Waals surface area (Å²) in [6.07, 6.45) is 2.02. The summed E-state index contributed by atoms with van der Waals surface area (Å²) in [7, 11) is 0. The van der Waals surface area contributed by atoms with Crippen molar-refractivity contribution in [2.75, 3.05) is 19.7 Å². The molecule has 0 unspecified atom stereocenters. The number of carbonyl (C=O) groups excluding carboxylic acids is 1. The van der Waals surface area contributed by atoms with Gasteiger partial charge in [-0.1, -0.05) is 17.7 Å². The molecule has 0 atom stereocenters. The Morgan fingerprint density at radius 2 is 2.20 bits per heavy atom. The van der Waals surface area contributed by atoms with Gasteiger partial charge in [0.15, 0.2) is 0 Å². The van der Waals surface area contributed by atoms with Gasteiger partial charge >= 0.3 is 0 Å². The van der Waals surface area contributed by atoms with Gasteiger partial charge in [-0.2, -0.15) is 0 Å². The van der Waals surface area contributed by atoms with E-state index in [2.05, 4.69) is 10.6 Å². The summed E-state index contributed by atoms with van der Waals surface area (Å²) < 4.78 is 18.5. The van der Waals surface area contributed by atoms with Crippen molar-refractivity contribution in [1.82, 2.24) is 10.6 Å². The maximum Gasteiger partial charge on any atom is 0.246 e. The molecule has 110 valence electrons. The summed E-state index contributed by atoms with van der Waals surface area (Å²) in [6.45, 7) is 2.23. The first kappa shape index (κ1) is 15.2. The molecule has 1 heterocycles. The van der Waals surface area contributed by atoms with Gasteiger partial charge in [-0.05, 0) is 43.6 Å². The molecule has 1 aromatic carbocycles. The van der Waals surface area contributed by atoms with Gasteiger partial charge in [0.05, 0.1) is 11.1 Å². The van der Waals surface area contributed by atoms with Crippen molar-refractivity contribution >= 4 is 17.5 Å². The highest BCUT2D eigenvalue weighted by Gasteiger charge is 2.14. The van der Waals surface area contributed by atoms with Crippen molar-refractivity contribution < 1.29 is 13.9 Å². The second-order valence-corrected chi connectivity index (χ2v) is 5.19. The molecule has 1 amide bonds. The number of amides is 1. The molecule has 1 aliphatic rings. The van der Waals surface area contributed by atoms with Gasteiger partial charge in [-0.15, -0.1) is 0 Å². The summed E-state index contributed by atoms with van der Waals surface area (Å²) in [5, 5.41) is 6.02. The number of nitrogens with one attached hydrogen (secondary N) is 2. The Hall–Kier alpha value is -1.17. The van der Waals surface area contributed by atoms with Crippen LogP contribution in [0, 0.1) is 5.82 Å². The van der Waals surface area contributed by atoms with Gasteiger partial charge < -0.3 is 15.4 Å². The topological polar surface area (TPSA) is 50.4 Å². The molecule has 20 heavy (non-hydrogen) atoms. The highest BCUT2D eigenvalue weighted by molar-refractivity contribution is 6.30. The predicted molar refractivity (Wildman–Crippen MR) is 75.1 cm³/mol. The first-order valence-corrected chi connectivity index (χ1v) is 7.06. The molecule has 2 N–H and O–H groups in total. The molecule has 2 rings (SSSR count). The number of piperidine rings is 1. The van der Waals surface area contributed by atoms with Crippen LogP contribution in [0.3, 0.4) is 0 Å². The molecular formula is C14H18ClFN2O2. The summed E-state index contributed by atoms with van der Waals surface area (Å²) >= 11 is 5.67. The Morgan fingerprint density at radius 3 is 2.90 bits per heavy atom. The van der Waals surface area contributed by atoms with Gasteiger partial charge in [0.1, 0.15) is 12.4 Å². The van der Waals surface area contributed by atoms with Crippen LogP contribution in [0.25, 0.3) is 0 Å². The van der Waals surface area contributed by atoms with Crippen LogP contribution >= 0.6 is 11.6 Å². The fourth-order valence-corrected chi connectivity index (χ4v) is 2.26. The minimum absolute atomic E-state index is 0.0552. The fraction of sp³-hybridized carbons (Fsp3) is 0.500. The molecule has 1 aromatic rings. The van der Waals surface area contributed by atoms with E-state index >= 15 is 0 Å². The maximum absolute atomic E-state index is 13.0. The number of benzene rings is 1. The zero-order chi connectivity index (χ0) is 14.4. The lowest BCUT2D eigenvalue weighted by Crippen LogP contribution is -2.35. The lowest BCUT2D eigenvalue weighted by molar-refractivity contribution is -0.128. The quantitative estimate of drug-likeness (QED) is 0.873. The molecule has 0 radical (unpaired) electrons. The van der Waals surface area contributed by atoms with Crippen LogP contribution in [0.4, 0.5) is 4.39 Å². The van der Waals surface area contributed by atoms with Crippen LogP contribution in [0.2, 0.25) is 5.02 Å². The lowest BCUT2D eigenvalue weighted by Gasteiger charge is -2.22. The SMILES string of the molecule is O=C(COC1CCNCC1)NCc1ccc(F)c(Cl)c1. The third-order valence-electron chi connectivity index (χ3n) is 3.21. The Morgan fingerprint density at radius 1 is 1.45 bits per heavy atom. The van der Waals surface area contributed by atoms with Gasteiger partial charge in [-0.3, -0.25) is 4.79 Å². The van der Waals surface area contributed by atoms with E-state index in [1.165, 1.54) is 12.1 Å². The zero-order valence-electron chi connectivity index (χ0n) is 11.1. The van der Waals surface area contributed by atoms with Crippen molar-refractivity contribution in [2.24, 2.45) is 0 Å². The van der Waals surface area contributed by atoms with E-state index in [9.17, 15) is 9.18 Å². The number of rotatable bonds is 5. The summed E-state index contributed by atoms with van der Waals surface area (Å²) in [5.41, 5.74) is 0.756. The standard InChI is InChI=1S/C14H18ClFN2O2/c15-12-7-10(1-2-13(12)16)8-18-14(19)9-20-11-3-5-17-6-4-11/h1-2,7,11,17H,3-6,8-9H2,(H,18,19).